The van der Waals surface area contributed by atoms with Crippen LogP contribution in [0.3, 0.4) is 0 Å². The molecule has 0 atom stereocenters. The fraction of sp³-hybridized carbons (Fsp3) is 0.545. The molecule has 0 radical (unpaired) electrons. The van der Waals surface area contributed by atoms with Crippen LogP contribution in [0.1, 0.15) is 31.9 Å². The number of nitrogens with zero attached hydrogens (tertiary/aromatic N) is 3. The van der Waals surface area contributed by atoms with Gasteiger partial charge in [0.2, 0.25) is 0 Å². The standard InChI is InChI=1S/C11H16N4O/c1-3-4-5-6-15(2)10-7-9(8-12)13-11(16)14-10/h7H,3-6H2,1-2H3,(H,13,14,16). The molecule has 0 bridgehead atoms. The van der Waals surface area contributed by atoms with Crippen LogP contribution in [0, 0.1) is 11.3 Å². The first-order chi connectivity index (χ1) is 7.67. The topological polar surface area (TPSA) is 72.8 Å². The van der Waals surface area contributed by atoms with E-state index in [1.54, 1.807) is 6.07 Å². The van der Waals surface area contributed by atoms with E-state index in [2.05, 4.69) is 16.9 Å². The average molecular weight is 220 g/mol. The van der Waals surface area contributed by atoms with E-state index >= 15 is 0 Å². The maximum atomic E-state index is 11.2. The summed E-state index contributed by atoms with van der Waals surface area (Å²) in [7, 11) is 1.87. The highest BCUT2D eigenvalue weighted by molar-refractivity contribution is 5.40. The van der Waals surface area contributed by atoms with E-state index < -0.39 is 5.69 Å². The maximum Gasteiger partial charge on any atom is 0.347 e. The van der Waals surface area contributed by atoms with Gasteiger partial charge in [0.15, 0.2) is 0 Å². The van der Waals surface area contributed by atoms with Crippen LogP contribution in [0.2, 0.25) is 0 Å². The lowest BCUT2D eigenvalue weighted by atomic mass is 10.2. The van der Waals surface area contributed by atoms with Gasteiger partial charge < -0.3 is 4.90 Å². The molecule has 0 saturated carbocycles. The van der Waals surface area contributed by atoms with Crippen molar-refractivity contribution < 1.29 is 0 Å². The highest BCUT2D eigenvalue weighted by atomic mass is 16.1. The quantitative estimate of drug-likeness (QED) is 0.758. The van der Waals surface area contributed by atoms with Gasteiger partial charge in [-0.3, -0.25) is 4.98 Å². The molecular formula is C11H16N4O. The van der Waals surface area contributed by atoms with Crippen molar-refractivity contribution in [3.63, 3.8) is 0 Å². The van der Waals surface area contributed by atoms with Crippen molar-refractivity contribution in [2.24, 2.45) is 0 Å². The molecule has 0 aromatic carbocycles. The maximum absolute atomic E-state index is 11.2. The normalized spacial score (nSPS) is 9.81. The van der Waals surface area contributed by atoms with Crippen LogP contribution in [0.4, 0.5) is 5.82 Å². The Morgan fingerprint density at radius 2 is 2.31 bits per heavy atom. The van der Waals surface area contributed by atoms with E-state index in [1.165, 1.54) is 0 Å². The Balaban J connectivity index is 2.75. The van der Waals surface area contributed by atoms with Gasteiger partial charge >= 0.3 is 5.69 Å². The van der Waals surface area contributed by atoms with Gasteiger partial charge in [-0.25, -0.2) is 4.79 Å². The van der Waals surface area contributed by atoms with Crippen molar-refractivity contribution in [2.45, 2.75) is 26.2 Å². The first-order valence-electron chi connectivity index (χ1n) is 5.40. The van der Waals surface area contributed by atoms with Gasteiger partial charge in [-0.05, 0) is 6.42 Å². The van der Waals surface area contributed by atoms with Gasteiger partial charge in [0.05, 0.1) is 0 Å². The number of nitriles is 1. The second kappa shape index (κ2) is 5.91. The number of aromatic amines is 1. The number of aromatic nitrogens is 2. The van der Waals surface area contributed by atoms with Crippen LogP contribution in [0.15, 0.2) is 10.9 Å². The summed E-state index contributed by atoms with van der Waals surface area (Å²) < 4.78 is 0. The summed E-state index contributed by atoms with van der Waals surface area (Å²) in [6, 6.07) is 3.50. The second-order valence-corrected chi connectivity index (χ2v) is 3.70. The number of H-pyrrole nitrogens is 1. The van der Waals surface area contributed by atoms with Crippen molar-refractivity contribution >= 4 is 5.82 Å². The summed E-state index contributed by atoms with van der Waals surface area (Å²) in [6.07, 6.45) is 3.36. The molecule has 1 aromatic heterocycles. The van der Waals surface area contributed by atoms with Crippen LogP contribution >= 0.6 is 0 Å². The van der Waals surface area contributed by atoms with Gasteiger partial charge in [0.25, 0.3) is 0 Å². The molecule has 1 heterocycles. The number of anilines is 1. The molecule has 1 aromatic rings. The van der Waals surface area contributed by atoms with E-state index in [9.17, 15) is 4.79 Å². The van der Waals surface area contributed by atoms with E-state index in [0.717, 1.165) is 25.8 Å². The minimum atomic E-state index is -0.476. The molecule has 0 aliphatic carbocycles. The Morgan fingerprint density at radius 3 is 2.94 bits per heavy atom. The third kappa shape index (κ3) is 3.39. The number of nitrogens with one attached hydrogen (secondary N) is 1. The summed E-state index contributed by atoms with van der Waals surface area (Å²) in [4.78, 5) is 19.2. The monoisotopic (exact) mass is 220 g/mol. The van der Waals surface area contributed by atoms with Gasteiger partial charge in [-0.2, -0.15) is 10.2 Å². The Morgan fingerprint density at radius 1 is 1.56 bits per heavy atom. The highest BCUT2D eigenvalue weighted by Crippen LogP contribution is 2.08. The fourth-order valence-corrected chi connectivity index (χ4v) is 1.41. The predicted molar refractivity (Wildman–Crippen MR) is 62.4 cm³/mol. The zero-order chi connectivity index (χ0) is 12.0. The zero-order valence-electron chi connectivity index (χ0n) is 9.66. The van der Waals surface area contributed by atoms with E-state index in [0.29, 0.717) is 5.82 Å². The van der Waals surface area contributed by atoms with Gasteiger partial charge in [0, 0.05) is 19.7 Å². The largest absolute Gasteiger partial charge is 0.359 e. The van der Waals surface area contributed by atoms with Crippen molar-refractivity contribution in [3.8, 4) is 6.07 Å². The molecule has 0 fully saturated rings. The predicted octanol–water partition coefficient (Wildman–Crippen LogP) is 1.27. The molecule has 1 N–H and O–H groups in total. The molecule has 0 saturated heterocycles. The minimum absolute atomic E-state index is 0.248. The van der Waals surface area contributed by atoms with Crippen LogP contribution in [0.25, 0.3) is 0 Å². The molecule has 0 unspecified atom stereocenters. The summed E-state index contributed by atoms with van der Waals surface area (Å²) in [6.45, 7) is 2.98. The van der Waals surface area contributed by atoms with Gasteiger partial charge in [-0.15, -0.1) is 0 Å². The van der Waals surface area contributed by atoms with Gasteiger partial charge in [0.1, 0.15) is 17.6 Å². The molecule has 1 rings (SSSR count). The van der Waals surface area contributed by atoms with Crippen LogP contribution in [-0.2, 0) is 0 Å². The zero-order valence-corrected chi connectivity index (χ0v) is 9.66. The summed E-state index contributed by atoms with van der Waals surface area (Å²) in [5, 5.41) is 8.72. The first-order valence-corrected chi connectivity index (χ1v) is 5.40. The molecule has 5 nitrogen and oxygen atoms in total. The lowest BCUT2D eigenvalue weighted by Crippen LogP contribution is -2.24. The second-order valence-electron chi connectivity index (χ2n) is 3.70. The Labute approximate surface area is 94.7 Å². The number of rotatable bonds is 5. The van der Waals surface area contributed by atoms with Crippen molar-refractivity contribution in [1.82, 2.24) is 9.97 Å². The van der Waals surface area contributed by atoms with Crippen molar-refractivity contribution in [2.75, 3.05) is 18.5 Å². The highest BCUT2D eigenvalue weighted by Gasteiger charge is 2.05. The smallest absolute Gasteiger partial charge is 0.347 e. The number of unbranched alkanes of at least 4 members (excludes halogenated alkanes) is 2. The fourth-order valence-electron chi connectivity index (χ4n) is 1.41. The SMILES string of the molecule is CCCCCN(C)c1cc(C#N)[nH]c(=O)n1. The minimum Gasteiger partial charge on any atom is -0.359 e. The lowest BCUT2D eigenvalue weighted by molar-refractivity contribution is 0.700. The summed E-state index contributed by atoms with van der Waals surface area (Å²) in [5.41, 5.74) is -0.228. The molecule has 0 aliphatic heterocycles. The van der Waals surface area contributed by atoms with E-state index in [-0.39, 0.29) is 5.69 Å². The molecule has 0 aliphatic rings. The number of hydrogen-bond acceptors (Lipinski definition) is 4. The third-order valence-electron chi connectivity index (χ3n) is 2.34. The Kier molecular flexibility index (Phi) is 4.52. The Hall–Kier alpha value is -1.83. The average Bonchev–Trinajstić information content (AvgIpc) is 2.28. The summed E-state index contributed by atoms with van der Waals surface area (Å²) in [5.74, 6) is 0.552. The van der Waals surface area contributed by atoms with Crippen LogP contribution in [0.5, 0.6) is 0 Å². The number of hydrogen-bond donors (Lipinski definition) is 1. The first kappa shape index (κ1) is 12.2. The molecule has 86 valence electrons. The summed E-state index contributed by atoms with van der Waals surface area (Å²) >= 11 is 0. The van der Waals surface area contributed by atoms with Crippen LogP contribution in [-0.4, -0.2) is 23.6 Å². The Bertz CT molecular complexity index is 432. The molecule has 0 spiro atoms. The third-order valence-corrected chi connectivity index (χ3v) is 2.34. The molecule has 5 heteroatoms. The molecular weight excluding hydrogens is 204 g/mol. The molecule has 16 heavy (non-hydrogen) atoms. The van der Waals surface area contributed by atoms with E-state index in [1.807, 2.05) is 18.0 Å². The lowest BCUT2D eigenvalue weighted by Gasteiger charge is -2.17. The van der Waals surface area contributed by atoms with Crippen molar-refractivity contribution in [3.05, 3.63) is 22.2 Å². The van der Waals surface area contributed by atoms with Gasteiger partial charge in [-0.1, -0.05) is 19.8 Å². The molecule has 0 amide bonds. The van der Waals surface area contributed by atoms with Crippen LogP contribution < -0.4 is 10.6 Å². The van der Waals surface area contributed by atoms with E-state index in [4.69, 9.17) is 5.26 Å². The van der Waals surface area contributed by atoms with Crippen molar-refractivity contribution in [1.29, 1.82) is 5.26 Å².